The van der Waals surface area contributed by atoms with Gasteiger partial charge < -0.3 is 0 Å². The van der Waals surface area contributed by atoms with Crippen LogP contribution in [-0.4, -0.2) is 10.2 Å². The van der Waals surface area contributed by atoms with Crippen molar-refractivity contribution in [2.45, 2.75) is 0 Å². The first-order valence-corrected chi connectivity index (χ1v) is 2.57. The van der Waals surface area contributed by atoms with E-state index in [0.717, 1.165) is 5.01 Å². The molecule has 1 rings (SSSR count). The van der Waals surface area contributed by atoms with E-state index < -0.39 is 0 Å². The van der Waals surface area contributed by atoms with E-state index in [9.17, 15) is 0 Å². The van der Waals surface area contributed by atoms with Crippen molar-refractivity contribution in [3.05, 3.63) is 17.1 Å². The second kappa shape index (κ2) is 1.84. The second-order valence-corrected chi connectivity index (χ2v) is 1.74. The van der Waals surface area contributed by atoms with Gasteiger partial charge in [0.2, 0.25) is 0 Å². The highest BCUT2D eigenvalue weighted by Gasteiger charge is 1.83. The fourth-order valence-electron chi connectivity index (χ4n) is 0.240. The summed E-state index contributed by atoms with van der Waals surface area (Å²) < 4.78 is 0. The van der Waals surface area contributed by atoms with E-state index >= 15 is 0 Å². The van der Waals surface area contributed by atoms with Crippen LogP contribution in [0, 0.1) is 5.51 Å². The predicted molar refractivity (Wildman–Crippen MR) is 28.8 cm³/mol. The van der Waals surface area contributed by atoms with Gasteiger partial charge in [0.05, 0.1) is 0 Å². The Morgan fingerprint density at radius 3 is 3.00 bits per heavy atom. The quantitative estimate of drug-likeness (QED) is 0.540. The fraction of sp³-hybridized carbons (Fsp3) is 0. The molecule has 1 heterocycles. The Labute approximate surface area is 45.5 Å². The van der Waals surface area contributed by atoms with Gasteiger partial charge in [-0.05, 0) is 6.08 Å². The van der Waals surface area contributed by atoms with E-state index in [0.29, 0.717) is 0 Å². The SMILES string of the molecule is C=Cc1nn[c]s1. The van der Waals surface area contributed by atoms with Gasteiger partial charge in [0.25, 0.3) is 0 Å². The number of rotatable bonds is 1. The highest BCUT2D eigenvalue weighted by Crippen LogP contribution is 1.99. The molecule has 1 radical (unpaired) electrons. The molecule has 7 heavy (non-hydrogen) atoms. The summed E-state index contributed by atoms with van der Waals surface area (Å²) in [5.41, 5.74) is 2.59. The first-order chi connectivity index (χ1) is 3.43. The van der Waals surface area contributed by atoms with E-state index in [2.05, 4.69) is 22.3 Å². The van der Waals surface area contributed by atoms with Gasteiger partial charge in [0.15, 0.2) is 5.51 Å². The standard InChI is InChI=1S/C4H3N2S/c1-2-4-6-5-3-7-4/h2H,1H2. The summed E-state index contributed by atoms with van der Waals surface area (Å²) in [7, 11) is 0. The van der Waals surface area contributed by atoms with Crippen LogP contribution in [0.15, 0.2) is 6.58 Å². The molecule has 0 aromatic carbocycles. The smallest absolute Gasteiger partial charge is 0.139 e. The maximum absolute atomic E-state index is 3.63. The molecule has 1 aromatic rings. The molecule has 2 nitrogen and oxygen atoms in total. The molecule has 0 bridgehead atoms. The molecule has 0 saturated carbocycles. The summed E-state index contributed by atoms with van der Waals surface area (Å²) in [4.78, 5) is 0. The third-order valence-electron chi connectivity index (χ3n) is 0.514. The van der Waals surface area contributed by atoms with Crippen molar-refractivity contribution in [1.82, 2.24) is 10.2 Å². The minimum atomic E-state index is 0.819. The molecule has 0 unspecified atom stereocenters. The van der Waals surface area contributed by atoms with E-state index in [4.69, 9.17) is 0 Å². The average Bonchev–Trinajstić information content (AvgIpc) is 2.14. The van der Waals surface area contributed by atoms with Crippen molar-refractivity contribution in [2.24, 2.45) is 0 Å². The third-order valence-corrected chi connectivity index (χ3v) is 1.14. The average molecular weight is 111 g/mol. The third kappa shape index (κ3) is 0.838. The Morgan fingerprint density at radius 1 is 1.86 bits per heavy atom. The van der Waals surface area contributed by atoms with Crippen molar-refractivity contribution in [2.75, 3.05) is 0 Å². The molecule has 0 aliphatic carbocycles. The van der Waals surface area contributed by atoms with Gasteiger partial charge in [0.1, 0.15) is 5.01 Å². The number of nitrogens with zero attached hydrogens (tertiary/aromatic N) is 2. The van der Waals surface area contributed by atoms with Crippen LogP contribution in [0.2, 0.25) is 0 Å². The second-order valence-electron chi connectivity index (χ2n) is 0.936. The Balaban J connectivity index is 2.96. The van der Waals surface area contributed by atoms with Crippen LogP contribution in [-0.2, 0) is 0 Å². The molecule has 0 aliphatic heterocycles. The lowest BCUT2D eigenvalue weighted by molar-refractivity contribution is 1.07. The van der Waals surface area contributed by atoms with E-state index in [-0.39, 0.29) is 0 Å². The first kappa shape index (κ1) is 4.46. The van der Waals surface area contributed by atoms with Crippen LogP contribution >= 0.6 is 11.3 Å². The van der Waals surface area contributed by atoms with Crippen molar-refractivity contribution < 1.29 is 0 Å². The summed E-state index contributed by atoms with van der Waals surface area (Å²) in [6.45, 7) is 3.49. The highest BCUT2D eigenvalue weighted by atomic mass is 32.1. The topological polar surface area (TPSA) is 25.8 Å². The zero-order chi connectivity index (χ0) is 5.11. The maximum Gasteiger partial charge on any atom is 0.178 e. The first-order valence-electron chi connectivity index (χ1n) is 1.75. The van der Waals surface area contributed by atoms with Crippen molar-refractivity contribution >= 4 is 17.4 Å². The van der Waals surface area contributed by atoms with Crippen molar-refractivity contribution in [1.29, 1.82) is 0 Å². The molecular weight excluding hydrogens is 108 g/mol. The van der Waals surface area contributed by atoms with Crippen LogP contribution in [0.25, 0.3) is 6.08 Å². The molecule has 0 amide bonds. The van der Waals surface area contributed by atoms with Gasteiger partial charge >= 0.3 is 0 Å². The van der Waals surface area contributed by atoms with Gasteiger partial charge in [-0.1, -0.05) is 17.9 Å². The Bertz CT molecular complexity index is 145. The van der Waals surface area contributed by atoms with E-state index in [1.807, 2.05) is 0 Å². The van der Waals surface area contributed by atoms with Gasteiger partial charge in [0, 0.05) is 0 Å². The molecule has 0 atom stereocenters. The lowest BCUT2D eigenvalue weighted by atomic mass is 10.7. The zero-order valence-electron chi connectivity index (χ0n) is 3.59. The zero-order valence-corrected chi connectivity index (χ0v) is 4.40. The lowest BCUT2D eigenvalue weighted by Gasteiger charge is -1.66. The Morgan fingerprint density at radius 2 is 2.71 bits per heavy atom. The normalized spacial score (nSPS) is 8.57. The van der Waals surface area contributed by atoms with Crippen LogP contribution in [0.1, 0.15) is 5.01 Å². The molecule has 0 N–H and O–H groups in total. The molecular formula is C4H3N2S. The minimum Gasteiger partial charge on any atom is -0.139 e. The van der Waals surface area contributed by atoms with Crippen LogP contribution in [0.3, 0.4) is 0 Å². The summed E-state index contributed by atoms with van der Waals surface area (Å²) in [5, 5.41) is 7.91. The molecule has 0 saturated heterocycles. The van der Waals surface area contributed by atoms with Crippen molar-refractivity contribution in [3.63, 3.8) is 0 Å². The number of hydrogen-bond acceptors (Lipinski definition) is 3. The number of hydrogen-bond donors (Lipinski definition) is 0. The van der Waals surface area contributed by atoms with Crippen LogP contribution in [0.4, 0.5) is 0 Å². The summed E-state index contributed by atoms with van der Waals surface area (Å²) >= 11 is 1.36. The van der Waals surface area contributed by atoms with E-state index in [1.165, 1.54) is 11.3 Å². The van der Waals surface area contributed by atoms with Crippen LogP contribution in [0.5, 0.6) is 0 Å². The molecule has 35 valence electrons. The maximum atomic E-state index is 3.63. The number of aromatic nitrogens is 2. The molecule has 0 aliphatic rings. The predicted octanol–water partition coefficient (Wildman–Crippen LogP) is 0.981. The molecule has 0 spiro atoms. The Hall–Kier alpha value is -0.700. The molecule has 1 aromatic heterocycles. The summed E-state index contributed by atoms with van der Waals surface area (Å²) in [5.74, 6) is 0. The summed E-state index contributed by atoms with van der Waals surface area (Å²) in [6.07, 6.45) is 1.65. The van der Waals surface area contributed by atoms with Gasteiger partial charge in [-0.2, -0.15) is 0 Å². The van der Waals surface area contributed by atoms with Crippen molar-refractivity contribution in [3.8, 4) is 0 Å². The summed E-state index contributed by atoms with van der Waals surface area (Å²) in [6, 6.07) is 0. The van der Waals surface area contributed by atoms with Gasteiger partial charge in [-0.3, -0.25) is 0 Å². The molecule has 0 fully saturated rings. The lowest BCUT2D eigenvalue weighted by Crippen LogP contribution is -1.65. The largest absolute Gasteiger partial charge is 0.178 e. The van der Waals surface area contributed by atoms with Gasteiger partial charge in [-0.15, -0.1) is 10.2 Å². The minimum absolute atomic E-state index is 0.819. The monoisotopic (exact) mass is 111 g/mol. The molecule has 3 heteroatoms. The van der Waals surface area contributed by atoms with E-state index in [1.54, 1.807) is 6.08 Å². The Kier molecular flexibility index (Phi) is 1.17. The fourth-order valence-corrected chi connectivity index (χ4v) is 0.580. The van der Waals surface area contributed by atoms with Gasteiger partial charge in [-0.25, -0.2) is 0 Å². The van der Waals surface area contributed by atoms with Crippen LogP contribution < -0.4 is 0 Å². The highest BCUT2D eigenvalue weighted by molar-refractivity contribution is 7.09.